The van der Waals surface area contributed by atoms with Gasteiger partial charge in [-0.2, -0.15) is 0 Å². The molecule has 0 bridgehead atoms. The van der Waals surface area contributed by atoms with Gasteiger partial charge in [0.1, 0.15) is 5.82 Å². The smallest absolute Gasteiger partial charge is 0.127 e. The Morgan fingerprint density at radius 2 is 2.12 bits per heavy atom. The van der Waals surface area contributed by atoms with Gasteiger partial charge in [-0.05, 0) is 69.3 Å². The number of nitrogens with zero attached hydrogens (tertiary/aromatic N) is 1. The van der Waals surface area contributed by atoms with Crippen molar-refractivity contribution in [3.63, 3.8) is 0 Å². The lowest BCUT2D eigenvalue weighted by Gasteiger charge is -2.32. The molecule has 3 heterocycles. The molecule has 1 unspecified atom stereocenters. The van der Waals surface area contributed by atoms with Gasteiger partial charge in [-0.15, -0.1) is 11.8 Å². The van der Waals surface area contributed by atoms with E-state index in [4.69, 9.17) is 9.72 Å². The van der Waals surface area contributed by atoms with Crippen LogP contribution in [0.25, 0.3) is 10.9 Å². The fourth-order valence-corrected chi connectivity index (χ4v) is 4.39. The molecule has 0 radical (unpaired) electrons. The van der Waals surface area contributed by atoms with Crippen LogP contribution in [0.3, 0.4) is 0 Å². The molecule has 2 aliphatic rings. The first-order chi connectivity index (χ1) is 11.7. The number of thioether (sulfide) groups is 1. The minimum absolute atomic E-state index is 0.0842. The van der Waals surface area contributed by atoms with E-state index in [9.17, 15) is 0 Å². The molecule has 0 aliphatic carbocycles. The van der Waals surface area contributed by atoms with E-state index in [1.54, 1.807) is 11.8 Å². The summed E-state index contributed by atoms with van der Waals surface area (Å²) in [4.78, 5) is 6.10. The monoisotopic (exact) mass is 343 g/mol. The molecule has 1 aromatic carbocycles. The first-order valence-electron chi connectivity index (χ1n) is 8.74. The number of pyridine rings is 1. The Morgan fingerprint density at radius 3 is 2.92 bits per heavy atom. The first kappa shape index (κ1) is 16.2. The van der Waals surface area contributed by atoms with Crippen LogP contribution in [-0.2, 0) is 4.74 Å². The summed E-state index contributed by atoms with van der Waals surface area (Å²) in [6, 6.07) is 9.04. The third kappa shape index (κ3) is 3.13. The van der Waals surface area contributed by atoms with Crippen molar-refractivity contribution in [2.75, 3.05) is 31.3 Å². The predicted octanol–water partition coefficient (Wildman–Crippen LogP) is 3.59. The molecule has 2 fully saturated rings. The molecule has 0 saturated carbocycles. The largest absolute Gasteiger partial charge is 0.373 e. The third-order valence-electron chi connectivity index (χ3n) is 5.30. The van der Waals surface area contributed by atoms with Crippen LogP contribution in [0.4, 0.5) is 5.82 Å². The Kier molecular flexibility index (Phi) is 4.41. The summed E-state index contributed by atoms with van der Waals surface area (Å²) in [5.41, 5.74) is 2.42. The number of aryl methyl sites for hydroxylation is 1. The maximum absolute atomic E-state index is 6.19. The summed E-state index contributed by atoms with van der Waals surface area (Å²) < 4.78 is 6.19. The Hall–Kier alpha value is -1.30. The summed E-state index contributed by atoms with van der Waals surface area (Å²) >= 11 is 1.76. The van der Waals surface area contributed by atoms with Gasteiger partial charge in [-0.1, -0.05) is 6.07 Å². The minimum Gasteiger partial charge on any atom is -0.373 e. The van der Waals surface area contributed by atoms with Crippen molar-refractivity contribution in [1.29, 1.82) is 0 Å². The number of nitrogens with one attached hydrogen (secondary N) is 2. The maximum Gasteiger partial charge on any atom is 0.127 e. The second-order valence-electron chi connectivity index (χ2n) is 7.00. The van der Waals surface area contributed by atoms with E-state index in [1.165, 1.54) is 15.8 Å². The molecule has 0 amide bonds. The minimum atomic E-state index is 0.0842. The van der Waals surface area contributed by atoms with Crippen molar-refractivity contribution in [3.8, 4) is 0 Å². The van der Waals surface area contributed by atoms with Gasteiger partial charge in [0.25, 0.3) is 0 Å². The van der Waals surface area contributed by atoms with E-state index in [-0.39, 0.29) is 5.60 Å². The van der Waals surface area contributed by atoms with Gasteiger partial charge in [0.2, 0.25) is 0 Å². The number of aromatic nitrogens is 1. The Balaban J connectivity index is 1.54. The summed E-state index contributed by atoms with van der Waals surface area (Å²) in [6.07, 6.45) is 5.42. The van der Waals surface area contributed by atoms with E-state index in [1.807, 2.05) is 0 Å². The Bertz CT molecular complexity index is 743. The predicted molar refractivity (Wildman–Crippen MR) is 101 cm³/mol. The Labute approximate surface area is 147 Å². The molecule has 1 spiro atoms. The van der Waals surface area contributed by atoms with Crippen molar-refractivity contribution < 1.29 is 4.74 Å². The molecule has 1 aromatic heterocycles. The van der Waals surface area contributed by atoms with E-state index < -0.39 is 0 Å². The number of benzene rings is 1. The standard InChI is InChI=1S/C19H25N3OS/c1-13-9-18(22-17-10-15(24-2)3-4-16(13)17)21-14-11-19(23-12-14)5-7-20-8-6-19/h3-4,9-10,14,20H,5-8,11-12H2,1-2H3,(H,21,22). The van der Waals surface area contributed by atoms with Crippen LogP contribution in [0.15, 0.2) is 29.2 Å². The van der Waals surface area contributed by atoms with Gasteiger partial charge >= 0.3 is 0 Å². The molecule has 2 N–H and O–H groups in total. The second kappa shape index (κ2) is 6.54. The first-order valence-corrected chi connectivity index (χ1v) is 9.97. The highest BCUT2D eigenvalue weighted by atomic mass is 32.2. The number of rotatable bonds is 3. The molecule has 2 saturated heterocycles. The Morgan fingerprint density at radius 1 is 1.29 bits per heavy atom. The zero-order valence-corrected chi connectivity index (χ0v) is 15.2. The van der Waals surface area contributed by atoms with Crippen molar-refractivity contribution in [2.24, 2.45) is 0 Å². The van der Waals surface area contributed by atoms with Crippen molar-refractivity contribution in [2.45, 2.75) is 42.7 Å². The van der Waals surface area contributed by atoms with Gasteiger partial charge in [-0.25, -0.2) is 4.98 Å². The molecule has 1 atom stereocenters. The summed E-state index contributed by atoms with van der Waals surface area (Å²) in [5, 5.41) is 8.28. The van der Waals surface area contributed by atoms with E-state index in [2.05, 4.69) is 48.1 Å². The summed E-state index contributed by atoms with van der Waals surface area (Å²) in [6.45, 7) is 5.08. The maximum atomic E-state index is 6.19. The lowest BCUT2D eigenvalue weighted by molar-refractivity contribution is -0.0192. The molecular weight excluding hydrogens is 318 g/mol. The third-order valence-corrected chi connectivity index (χ3v) is 6.03. The number of fused-ring (bicyclic) bond motifs is 1. The highest BCUT2D eigenvalue weighted by Crippen LogP contribution is 2.35. The van der Waals surface area contributed by atoms with E-state index in [0.717, 1.165) is 50.3 Å². The van der Waals surface area contributed by atoms with Crippen LogP contribution in [0.1, 0.15) is 24.8 Å². The zero-order chi connectivity index (χ0) is 16.6. The van der Waals surface area contributed by atoms with Crippen LogP contribution in [-0.4, -0.2) is 42.6 Å². The van der Waals surface area contributed by atoms with Gasteiger partial charge in [0.15, 0.2) is 0 Å². The number of ether oxygens (including phenoxy) is 1. The van der Waals surface area contributed by atoms with Crippen LogP contribution < -0.4 is 10.6 Å². The quantitative estimate of drug-likeness (QED) is 0.834. The molecular formula is C19H25N3OS. The van der Waals surface area contributed by atoms with Crippen molar-refractivity contribution in [1.82, 2.24) is 10.3 Å². The SMILES string of the molecule is CSc1ccc2c(C)cc(NC3COC4(CCNCC4)C3)nc2c1. The van der Waals surface area contributed by atoms with Gasteiger partial charge in [-0.3, -0.25) is 0 Å². The van der Waals surface area contributed by atoms with Crippen LogP contribution in [0.2, 0.25) is 0 Å². The average molecular weight is 343 g/mol. The number of anilines is 1. The molecule has 128 valence electrons. The lowest BCUT2D eigenvalue weighted by Crippen LogP contribution is -2.41. The highest BCUT2D eigenvalue weighted by Gasteiger charge is 2.41. The normalized spacial score (nSPS) is 23.0. The van der Waals surface area contributed by atoms with Gasteiger partial charge in [0, 0.05) is 10.3 Å². The van der Waals surface area contributed by atoms with Crippen molar-refractivity contribution in [3.05, 3.63) is 29.8 Å². The van der Waals surface area contributed by atoms with Gasteiger partial charge in [0.05, 0.1) is 23.8 Å². The average Bonchev–Trinajstić information content (AvgIpc) is 2.97. The fraction of sp³-hybridized carbons (Fsp3) is 0.526. The fourth-order valence-electron chi connectivity index (χ4n) is 3.96. The van der Waals surface area contributed by atoms with Crippen LogP contribution >= 0.6 is 11.8 Å². The molecule has 5 heteroatoms. The van der Waals surface area contributed by atoms with E-state index >= 15 is 0 Å². The molecule has 24 heavy (non-hydrogen) atoms. The van der Waals surface area contributed by atoms with E-state index in [0.29, 0.717) is 6.04 Å². The van der Waals surface area contributed by atoms with Crippen molar-refractivity contribution >= 4 is 28.5 Å². The molecule has 2 aliphatic heterocycles. The molecule has 4 rings (SSSR count). The zero-order valence-electron chi connectivity index (χ0n) is 14.4. The second-order valence-corrected chi connectivity index (χ2v) is 7.88. The number of piperidine rings is 1. The number of hydrogen-bond acceptors (Lipinski definition) is 5. The van der Waals surface area contributed by atoms with Crippen LogP contribution in [0.5, 0.6) is 0 Å². The lowest BCUT2D eigenvalue weighted by atomic mass is 9.88. The topological polar surface area (TPSA) is 46.2 Å². The summed E-state index contributed by atoms with van der Waals surface area (Å²) in [5.74, 6) is 0.970. The number of hydrogen-bond donors (Lipinski definition) is 2. The highest BCUT2D eigenvalue weighted by molar-refractivity contribution is 7.98. The summed E-state index contributed by atoms with van der Waals surface area (Å²) in [7, 11) is 0. The van der Waals surface area contributed by atoms with Crippen LogP contribution in [0, 0.1) is 6.92 Å². The van der Waals surface area contributed by atoms with Gasteiger partial charge < -0.3 is 15.4 Å². The molecule has 4 nitrogen and oxygen atoms in total. The molecule has 2 aromatic rings.